The second kappa shape index (κ2) is 7.12. The van der Waals surface area contributed by atoms with Crippen molar-refractivity contribution in [3.8, 4) is 11.7 Å². The molecule has 1 amide bonds. The smallest absolute Gasteiger partial charge is 0.265 e. The first-order valence-corrected chi connectivity index (χ1v) is 7.90. The van der Waals surface area contributed by atoms with Crippen molar-refractivity contribution in [1.29, 1.82) is 0 Å². The standard InChI is InChI=1S/C18H19N5O2/c1-12-13(2)23(11-21-12)18-19-9-15(10-20-18)22-17(24)14(3)25-16-7-5-4-6-8-16/h4-11,14H,1-3H3,(H,22,24). The maximum absolute atomic E-state index is 12.2. The first-order valence-electron chi connectivity index (χ1n) is 7.90. The predicted molar refractivity (Wildman–Crippen MR) is 93.8 cm³/mol. The molecule has 0 aliphatic rings. The minimum atomic E-state index is -0.638. The van der Waals surface area contributed by atoms with Gasteiger partial charge in [0.1, 0.15) is 12.1 Å². The summed E-state index contributed by atoms with van der Waals surface area (Å²) in [6.07, 6.45) is 4.16. The van der Waals surface area contributed by atoms with Gasteiger partial charge in [-0.05, 0) is 32.9 Å². The van der Waals surface area contributed by atoms with Gasteiger partial charge in [-0.1, -0.05) is 18.2 Å². The molecule has 25 heavy (non-hydrogen) atoms. The van der Waals surface area contributed by atoms with Gasteiger partial charge in [0.2, 0.25) is 5.95 Å². The molecule has 0 aliphatic carbocycles. The van der Waals surface area contributed by atoms with Gasteiger partial charge in [0.25, 0.3) is 5.91 Å². The first-order chi connectivity index (χ1) is 12.0. The monoisotopic (exact) mass is 337 g/mol. The minimum absolute atomic E-state index is 0.269. The summed E-state index contributed by atoms with van der Waals surface area (Å²) in [5, 5.41) is 2.75. The number of hydrogen-bond acceptors (Lipinski definition) is 5. The number of amides is 1. The van der Waals surface area contributed by atoms with Crippen LogP contribution in [0.1, 0.15) is 18.3 Å². The van der Waals surface area contributed by atoms with E-state index in [1.165, 1.54) is 0 Å². The van der Waals surface area contributed by atoms with Gasteiger partial charge in [-0.2, -0.15) is 0 Å². The Morgan fingerprint density at radius 1 is 1.12 bits per heavy atom. The maximum atomic E-state index is 12.2. The molecule has 0 spiro atoms. The Balaban J connectivity index is 1.65. The van der Waals surface area contributed by atoms with Crippen LogP contribution in [0.15, 0.2) is 49.1 Å². The zero-order valence-electron chi connectivity index (χ0n) is 14.3. The van der Waals surface area contributed by atoms with Gasteiger partial charge in [0, 0.05) is 5.69 Å². The number of para-hydroxylation sites is 1. The number of carbonyl (C=O) groups is 1. The summed E-state index contributed by atoms with van der Waals surface area (Å²) in [5.41, 5.74) is 2.40. The Morgan fingerprint density at radius 2 is 1.80 bits per heavy atom. The molecule has 1 atom stereocenters. The van der Waals surface area contributed by atoms with E-state index < -0.39 is 6.10 Å². The molecule has 2 heterocycles. The molecule has 1 aromatic carbocycles. The van der Waals surface area contributed by atoms with Crippen LogP contribution in [0.3, 0.4) is 0 Å². The quantitative estimate of drug-likeness (QED) is 0.774. The molecule has 0 bridgehead atoms. The molecule has 3 aromatic rings. The fourth-order valence-corrected chi connectivity index (χ4v) is 2.21. The van der Waals surface area contributed by atoms with Crippen molar-refractivity contribution in [2.45, 2.75) is 26.9 Å². The second-order valence-corrected chi connectivity index (χ2v) is 5.62. The largest absolute Gasteiger partial charge is 0.481 e. The lowest BCUT2D eigenvalue weighted by atomic mass is 10.3. The summed E-state index contributed by atoms with van der Waals surface area (Å²) < 4.78 is 7.39. The number of carbonyl (C=O) groups excluding carboxylic acids is 1. The average Bonchev–Trinajstić information content (AvgIpc) is 2.95. The second-order valence-electron chi connectivity index (χ2n) is 5.62. The van der Waals surface area contributed by atoms with Gasteiger partial charge in [0.15, 0.2) is 6.10 Å². The van der Waals surface area contributed by atoms with Crippen LogP contribution in [0.5, 0.6) is 5.75 Å². The number of nitrogens with one attached hydrogen (secondary N) is 1. The number of ether oxygens (including phenoxy) is 1. The zero-order chi connectivity index (χ0) is 17.8. The molecule has 3 rings (SSSR count). The summed E-state index contributed by atoms with van der Waals surface area (Å²) in [6, 6.07) is 9.20. The summed E-state index contributed by atoms with van der Waals surface area (Å²) in [7, 11) is 0. The van der Waals surface area contributed by atoms with E-state index in [0.29, 0.717) is 17.4 Å². The van der Waals surface area contributed by atoms with Crippen LogP contribution < -0.4 is 10.1 Å². The van der Waals surface area contributed by atoms with Gasteiger partial charge in [-0.15, -0.1) is 0 Å². The van der Waals surface area contributed by atoms with E-state index >= 15 is 0 Å². The Bertz CT molecular complexity index is 859. The molecule has 0 aliphatic heterocycles. The topological polar surface area (TPSA) is 81.9 Å². The summed E-state index contributed by atoms with van der Waals surface area (Å²) in [4.78, 5) is 25.0. The third-order valence-corrected chi connectivity index (χ3v) is 3.80. The van der Waals surface area contributed by atoms with Crippen molar-refractivity contribution < 1.29 is 9.53 Å². The van der Waals surface area contributed by atoms with Crippen LogP contribution in [0.4, 0.5) is 5.69 Å². The van der Waals surface area contributed by atoms with Crippen molar-refractivity contribution in [3.63, 3.8) is 0 Å². The van der Waals surface area contributed by atoms with E-state index in [-0.39, 0.29) is 5.91 Å². The number of anilines is 1. The lowest BCUT2D eigenvalue weighted by Crippen LogP contribution is -2.30. The van der Waals surface area contributed by atoms with E-state index in [0.717, 1.165) is 11.4 Å². The van der Waals surface area contributed by atoms with Crippen LogP contribution in [0.25, 0.3) is 5.95 Å². The van der Waals surface area contributed by atoms with Crippen LogP contribution >= 0.6 is 0 Å². The number of rotatable bonds is 5. The lowest BCUT2D eigenvalue weighted by Gasteiger charge is -2.14. The van der Waals surface area contributed by atoms with Gasteiger partial charge in [-0.3, -0.25) is 9.36 Å². The van der Waals surface area contributed by atoms with Crippen molar-refractivity contribution >= 4 is 11.6 Å². The average molecular weight is 337 g/mol. The first kappa shape index (κ1) is 16.6. The Labute approximate surface area is 145 Å². The number of nitrogens with zero attached hydrogens (tertiary/aromatic N) is 4. The van der Waals surface area contributed by atoms with Gasteiger partial charge in [-0.25, -0.2) is 15.0 Å². The molecule has 0 radical (unpaired) electrons. The molecule has 1 N–H and O–H groups in total. The number of benzene rings is 1. The molecule has 7 heteroatoms. The summed E-state index contributed by atoms with van der Waals surface area (Å²) in [5.74, 6) is 0.877. The number of imidazole rings is 1. The summed E-state index contributed by atoms with van der Waals surface area (Å²) >= 11 is 0. The highest BCUT2D eigenvalue weighted by molar-refractivity contribution is 5.93. The molecule has 0 saturated heterocycles. The Morgan fingerprint density at radius 3 is 2.40 bits per heavy atom. The number of aryl methyl sites for hydroxylation is 1. The molecule has 0 fully saturated rings. The highest BCUT2D eigenvalue weighted by Crippen LogP contribution is 2.13. The molecule has 2 aromatic heterocycles. The van der Waals surface area contributed by atoms with Crippen LogP contribution in [-0.4, -0.2) is 31.5 Å². The van der Waals surface area contributed by atoms with Crippen molar-refractivity contribution in [3.05, 3.63) is 60.4 Å². The van der Waals surface area contributed by atoms with Crippen molar-refractivity contribution in [2.75, 3.05) is 5.32 Å². The van der Waals surface area contributed by atoms with Crippen molar-refractivity contribution in [2.24, 2.45) is 0 Å². The number of aromatic nitrogens is 4. The van der Waals surface area contributed by atoms with Gasteiger partial charge < -0.3 is 10.1 Å². The van der Waals surface area contributed by atoms with Crippen LogP contribution in [0, 0.1) is 13.8 Å². The van der Waals surface area contributed by atoms with Crippen LogP contribution in [0.2, 0.25) is 0 Å². The fourth-order valence-electron chi connectivity index (χ4n) is 2.21. The molecule has 0 saturated carbocycles. The van der Waals surface area contributed by atoms with Gasteiger partial charge in [0.05, 0.1) is 23.8 Å². The zero-order valence-corrected chi connectivity index (χ0v) is 14.3. The molecule has 7 nitrogen and oxygen atoms in total. The van der Waals surface area contributed by atoms with E-state index in [1.807, 2.05) is 32.0 Å². The molecule has 1 unspecified atom stereocenters. The van der Waals surface area contributed by atoms with E-state index in [1.54, 1.807) is 42.3 Å². The third-order valence-electron chi connectivity index (χ3n) is 3.80. The Hall–Kier alpha value is -3.22. The highest BCUT2D eigenvalue weighted by atomic mass is 16.5. The minimum Gasteiger partial charge on any atom is -0.481 e. The normalized spacial score (nSPS) is 11.8. The highest BCUT2D eigenvalue weighted by Gasteiger charge is 2.15. The van der Waals surface area contributed by atoms with E-state index in [4.69, 9.17) is 4.74 Å². The van der Waals surface area contributed by atoms with E-state index in [2.05, 4.69) is 20.3 Å². The van der Waals surface area contributed by atoms with E-state index in [9.17, 15) is 4.79 Å². The molecule has 128 valence electrons. The SMILES string of the molecule is Cc1ncn(-c2ncc(NC(=O)C(C)Oc3ccccc3)cn2)c1C. The van der Waals surface area contributed by atoms with Gasteiger partial charge >= 0.3 is 0 Å². The maximum Gasteiger partial charge on any atom is 0.265 e. The predicted octanol–water partition coefficient (Wildman–Crippen LogP) is 2.69. The summed E-state index contributed by atoms with van der Waals surface area (Å²) in [6.45, 7) is 5.56. The third kappa shape index (κ3) is 3.82. The number of hydrogen-bond donors (Lipinski definition) is 1. The Kier molecular flexibility index (Phi) is 4.74. The van der Waals surface area contributed by atoms with Crippen LogP contribution in [-0.2, 0) is 4.79 Å². The molecular formula is C18H19N5O2. The molecular weight excluding hydrogens is 318 g/mol. The van der Waals surface area contributed by atoms with Crippen molar-refractivity contribution in [1.82, 2.24) is 19.5 Å². The lowest BCUT2D eigenvalue weighted by molar-refractivity contribution is -0.122. The fraction of sp³-hybridized carbons (Fsp3) is 0.222.